The number of hydrogen-bond acceptors (Lipinski definition) is 3. The molecule has 70 valence electrons. The molecule has 1 aliphatic rings. The Labute approximate surface area is 72.7 Å². The molecule has 3 heteroatoms. The second-order valence-corrected chi connectivity index (χ2v) is 3.02. The van der Waals surface area contributed by atoms with Gasteiger partial charge in [-0.15, -0.1) is 0 Å². The fraction of sp³-hybridized carbons (Fsp3) is 0.778. The van der Waals surface area contributed by atoms with Gasteiger partial charge in [-0.05, 0) is 25.3 Å². The maximum absolute atomic E-state index is 9.50. The van der Waals surface area contributed by atoms with Gasteiger partial charge in [0.1, 0.15) is 11.9 Å². The Balaban J connectivity index is 2.49. The fourth-order valence-electron chi connectivity index (χ4n) is 1.20. The average Bonchev–Trinajstić information content (AvgIpc) is 2.17. The second-order valence-electron chi connectivity index (χ2n) is 3.02. The molecular formula is C9H16O3. The monoisotopic (exact) mass is 172 g/mol. The lowest BCUT2D eigenvalue weighted by molar-refractivity contribution is -0.00238. The number of rotatable bonds is 3. The molecule has 0 aromatic carbocycles. The zero-order valence-corrected chi connectivity index (χ0v) is 7.36. The molecule has 1 aliphatic heterocycles. The third-order valence-electron chi connectivity index (χ3n) is 2.04. The normalized spacial score (nSPS) is 22.4. The van der Waals surface area contributed by atoms with E-state index in [4.69, 9.17) is 4.74 Å². The summed E-state index contributed by atoms with van der Waals surface area (Å²) in [5.74, 6) is 0.538. The van der Waals surface area contributed by atoms with Crippen LogP contribution >= 0.6 is 0 Å². The van der Waals surface area contributed by atoms with Crippen molar-refractivity contribution < 1.29 is 14.9 Å². The first-order valence-electron chi connectivity index (χ1n) is 4.44. The lowest BCUT2D eigenvalue weighted by Gasteiger charge is -2.22. The summed E-state index contributed by atoms with van der Waals surface area (Å²) in [5.41, 5.74) is 0. The lowest BCUT2D eigenvalue weighted by Crippen LogP contribution is -2.29. The number of hydrogen-bond donors (Lipinski definition) is 2. The molecule has 0 amide bonds. The van der Waals surface area contributed by atoms with Gasteiger partial charge in [0.25, 0.3) is 0 Å². The molecule has 2 N–H and O–H groups in total. The molecular weight excluding hydrogens is 156 g/mol. The minimum atomic E-state index is -0.838. The Morgan fingerprint density at radius 1 is 1.58 bits per heavy atom. The molecule has 0 bridgehead atoms. The van der Waals surface area contributed by atoms with Gasteiger partial charge in [0.2, 0.25) is 0 Å². The van der Waals surface area contributed by atoms with Crippen molar-refractivity contribution in [2.75, 3.05) is 6.61 Å². The van der Waals surface area contributed by atoms with Crippen molar-refractivity contribution in [3.05, 3.63) is 11.8 Å². The average molecular weight is 172 g/mol. The van der Waals surface area contributed by atoms with Crippen LogP contribution in [-0.4, -0.2) is 29.0 Å². The summed E-state index contributed by atoms with van der Waals surface area (Å²) in [5, 5.41) is 18.8. The first kappa shape index (κ1) is 9.55. The Hall–Kier alpha value is -0.540. The van der Waals surface area contributed by atoms with Gasteiger partial charge >= 0.3 is 0 Å². The van der Waals surface area contributed by atoms with Crippen molar-refractivity contribution in [2.45, 2.75) is 38.4 Å². The predicted octanol–water partition coefficient (Wildman–Crippen LogP) is 0.812. The van der Waals surface area contributed by atoms with E-state index >= 15 is 0 Å². The summed E-state index contributed by atoms with van der Waals surface area (Å²) in [7, 11) is 0. The molecule has 1 rings (SSSR count). The van der Waals surface area contributed by atoms with Gasteiger partial charge in [-0.25, -0.2) is 0 Å². The molecule has 0 saturated heterocycles. The number of aliphatic hydroxyl groups is 2. The highest BCUT2D eigenvalue weighted by Crippen LogP contribution is 2.16. The minimum Gasteiger partial charge on any atom is -0.495 e. The summed E-state index contributed by atoms with van der Waals surface area (Å²) < 4.78 is 5.21. The zero-order chi connectivity index (χ0) is 8.97. The Morgan fingerprint density at radius 3 is 2.83 bits per heavy atom. The highest BCUT2D eigenvalue weighted by Gasteiger charge is 2.21. The SMILES string of the molecule is CCC(O)C(O)C1=CCCCO1. The lowest BCUT2D eigenvalue weighted by atomic mass is 10.1. The van der Waals surface area contributed by atoms with Crippen LogP contribution in [0.25, 0.3) is 0 Å². The van der Waals surface area contributed by atoms with Gasteiger partial charge in [0, 0.05) is 0 Å². The van der Waals surface area contributed by atoms with Gasteiger partial charge in [-0.3, -0.25) is 0 Å². The van der Waals surface area contributed by atoms with E-state index in [1.807, 2.05) is 13.0 Å². The molecule has 12 heavy (non-hydrogen) atoms. The molecule has 0 saturated carbocycles. The molecule has 0 radical (unpaired) electrons. The largest absolute Gasteiger partial charge is 0.495 e. The molecule has 3 nitrogen and oxygen atoms in total. The van der Waals surface area contributed by atoms with Crippen molar-refractivity contribution in [3.8, 4) is 0 Å². The highest BCUT2D eigenvalue weighted by molar-refractivity contribution is 5.04. The molecule has 0 spiro atoms. The van der Waals surface area contributed by atoms with Gasteiger partial charge < -0.3 is 14.9 Å². The van der Waals surface area contributed by atoms with Crippen molar-refractivity contribution >= 4 is 0 Å². The smallest absolute Gasteiger partial charge is 0.136 e. The molecule has 0 aromatic rings. The van der Waals surface area contributed by atoms with Gasteiger partial charge in [-0.2, -0.15) is 0 Å². The van der Waals surface area contributed by atoms with Crippen LogP contribution in [-0.2, 0) is 4.74 Å². The number of ether oxygens (including phenoxy) is 1. The van der Waals surface area contributed by atoms with Crippen LogP contribution in [0.3, 0.4) is 0 Å². The highest BCUT2D eigenvalue weighted by atomic mass is 16.5. The molecule has 2 unspecified atom stereocenters. The maximum atomic E-state index is 9.50. The van der Waals surface area contributed by atoms with Gasteiger partial charge in [-0.1, -0.05) is 6.92 Å². The summed E-state index contributed by atoms with van der Waals surface area (Å²) in [6, 6.07) is 0. The standard InChI is InChI=1S/C9H16O3/c1-2-7(10)9(11)8-5-3-4-6-12-8/h5,7,9-11H,2-4,6H2,1H3. The first-order valence-corrected chi connectivity index (χ1v) is 4.44. The number of allylic oxidation sites excluding steroid dienone is 1. The molecule has 0 aromatic heterocycles. The van der Waals surface area contributed by atoms with Crippen molar-refractivity contribution in [2.24, 2.45) is 0 Å². The van der Waals surface area contributed by atoms with E-state index in [1.165, 1.54) is 0 Å². The summed E-state index contributed by atoms with van der Waals surface area (Å²) in [6.07, 6.45) is 2.79. The van der Waals surface area contributed by atoms with Gasteiger partial charge in [0.05, 0.1) is 12.7 Å². The van der Waals surface area contributed by atoms with E-state index in [0.717, 1.165) is 12.8 Å². The van der Waals surface area contributed by atoms with E-state index < -0.39 is 12.2 Å². The minimum absolute atomic E-state index is 0.538. The summed E-state index contributed by atoms with van der Waals surface area (Å²) in [4.78, 5) is 0. The van der Waals surface area contributed by atoms with E-state index in [0.29, 0.717) is 18.8 Å². The predicted molar refractivity (Wildman–Crippen MR) is 45.6 cm³/mol. The number of aliphatic hydroxyl groups excluding tert-OH is 2. The van der Waals surface area contributed by atoms with Crippen LogP contribution in [0.4, 0.5) is 0 Å². The van der Waals surface area contributed by atoms with E-state index in [-0.39, 0.29) is 0 Å². The summed E-state index contributed by atoms with van der Waals surface area (Å²) in [6.45, 7) is 2.48. The third-order valence-corrected chi connectivity index (χ3v) is 2.04. The van der Waals surface area contributed by atoms with Gasteiger partial charge in [0.15, 0.2) is 0 Å². The first-order chi connectivity index (χ1) is 5.75. The second kappa shape index (κ2) is 4.48. The Kier molecular flexibility index (Phi) is 3.56. The fourth-order valence-corrected chi connectivity index (χ4v) is 1.20. The van der Waals surface area contributed by atoms with Crippen molar-refractivity contribution in [1.29, 1.82) is 0 Å². The molecule has 2 atom stereocenters. The topological polar surface area (TPSA) is 49.7 Å². The van der Waals surface area contributed by atoms with Crippen molar-refractivity contribution in [1.82, 2.24) is 0 Å². The van der Waals surface area contributed by atoms with Crippen LogP contribution < -0.4 is 0 Å². The van der Waals surface area contributed by atoms with Crippen LogP contribution in [0.5, 0.6) is 0 Å². The Bertz CT molecular complexity index is 165. The van der Waals surface area contributed by atoms with E-state index in [9.17, 15) is 10.2 Å². The zero-order valence-electron chi connectivity index (χ0n) is 7.36. The van der Waals surface area contributed by atoms with Crippen LogP contribution in [0, 0.1) is 0 Å². The van der Waals surface area contributed by atoms with E-state index in [2.05, 4.69) is 0 Å². The molecule has 1 heterocycles. The quantitative estimate of drug-likeness (QED) is 0.662. The third kappa shape index (κ3) is 2.22. The van der Waals surface area contributed by atoms with Crippen LogP contribution in [0.15, 0.2) is 11.8 Å². The summed E-state index contributed by atoms with van der Waals surface area (Å²) >= 11 is 0. The molecule has 0 aliphatic carbocycles. The van der Waals surface area contributed by atoms with E-state index in [1.54, 1.807) is 0 Å². The van der Waals surface area contributed by atoms with Crippen LogP contribution in [0.1, 0.15) is 26.2 Å². The molecule has 0 fully saturated rings. The maximum Gasteiger partial charge on any atom is 0.136 e. The Morgan fingerprint density at radius 2 is 2.33 bits per heavy atom. The van der Waals surface area contributed by atoms with Crippen molar-refractivity contribution in [3.63, 3.8) is 0 Å². The van der Waals surface area contributed by atoms with Crippen LogP contribution in [0.2, 0.25) is 0 Å².